The van der Waals surface area contributed by atoms with Gasteiger partial charge in [-0.25, -0.2) is 4.98 Å². The highest BCUT2D eigenvalue weighted by Crippen LogP contribution is 2.41. The largest absolute Gasteiger partial charge is 0.322 e. The Balaban J connectivity index is 1.82. The fourth-order valence-corrected chi connectivity index (χ4v) is 3.77. The summed E-state index contributed by atoms with van der Waals surface area (Å²) in [7, 11) is 0. The predicted octanol–water partition coefficient (Wildman–Crippen LogP) is 3.21. The van der Waals surface area contributed by atoms with E-state index in [0.717, 1.165) is 5.92 Å². The molecular weight excluding hydrogens is 216 g/mol. The van der Waals surface area contributed by atoms with E-state index in [2.05, 4.69) is 0 Å². The quantitative estimate of drug-likeness (QED) is 0.856. The minimum absolute atomic E-state index is 0.234. The average Bonchev–Trinajstić information content (AvgIpc) is 3.02. The van der Waals surface area contributed by atoms with E-state index in [-0.39, 0.29) is 6.04 Å². The van der Waals surface area contributed by atoms with Crippen LogP contribution in [0.1, 0.15) is 60.1 Å². The Labute approximate surface area is 101 Å². The van der Waals surface area contributed by atoms with Gasteiger partial charge in [-0.1, -0.05) is 12.8 Å². The average molecular weight is 236 g/mol. The molecular formula is C13H20N2S. The molecule has 1 fully saturated rings. The molecule has 88 valence electrons. The zero-order chi connectivity index (χ0) is 11.0. The van der Waals surface area contributed by atoms with Crippen molar-refractivity contribution in [3.8, 4) is 0 Å². The first-order chi connectivity index (χ1) is 7.84. The Morgan fingerprint density at radius 1 is 1.12 bits per heavy atom. The predicted molar refractivity (Wildman–Crippen MR) is 67.6 cm³/mol. The Bertz CT molecular complexity index is 343. The van der Waals surface area contributed by atoms with Crippen LogP contribution in [0.4, 0.5) is 0 Å². The highest BCUT2D eigenvalue weighted by molar-refractivity contribution is 7.11. The molecule has 0 saturated heterocycles. The van der Waals surface area contributed by atoms with E-state index in [9.17, 15) is 0 Å². The van der Waals surface area contributed by atoms with Crippen LogP contribution in [0, 0.1) is 5.92 Å². The molecule has 2 aliphatic carbocycles. The molecule has 3 heteroatoms. The van der Waals surface area contributed by atoms with Gasteiger partial charge in [0.1, 0.15) is 5.01 Å². The molecule has 0 aliphatic heterocycles. The SMILES string of the molecule is NC(c1nc2c(s1)CCCCCC2)C1CC1. The van der Waals surface area contributed by atoms with Crippen LogP contribution in [0.25, 0.3) is 0 Å². The summed E-state index contributed by atoms with van der Waals surface area (Å²) in [6.45, 7) is 0. The lowest BCUT2D eigenvalue weighted by Crippen LogP contribution is -2.11. The number of aromatic nitrogens is 1. The van der Waals surface area contributed by atoms with E-state index in [1.54, 1.807) is 0 Å². The van der Waals surface area contributed by atoms with E-state index in [0.29, 0.717) is 0 Å². The summed E-state index contributed by atoms with van der Waals surface area (Å²) < 4.78 is 0. The Morgan fingerprint density at radius 3 is 2.62 bits per heavy atom. The van der Waals surface area contributed by atoms with Crippen molar-refractivity contribution in [3.63, 3.8) is 0 Å². The number of hydrogen-bond donors (Lipinski definition) is 1. The summed E-state index contributed by atoms with van der Waals surface area (Å²) in [5.74, 6) is 0.733. The first-order valence-electron chi connectivity index (χ1n) is 6.58. The molecule has 1 unspecified atom stereocenters. The number of nitrogens with zero attached hydrogens (tertiary/aromatic N) is 1. The third-order valence-electron chi connectivity index (χ3n) is 3.78. The molecule has 0 bridgehead atoms. The van der Waals surface area contributed by atoms with E-state index in [4.69, 9.17) is 10.7 Å². The lowest BCUT2D eigenvalue weighted by Gasteiger charge is -2.06. The maximum Gasteiger partial charge on any atom is 0.110 e. The van der Waals surface area contributed by atoms with Crippen LogP contribution in [0.3, 0.4) is 0 Å². The molecule has 3 rings (SSSR count). The van der Waals surface area contributed by atoms with Crippen molar-refractivity contribution in [2.75, 3.05) is 0 Å². The van der Waals surface area contributed by atoms with Gasteiger partial charge in [0.2, 0.25) is 0 Å². The molecule has 1 aromatic rings. The second-order valence-electron chi connectivity index (χ2n) is 5.20. The van der Waals surface area contributed by atoms with Crippen LogP contribution < -0.4 is 5.73 Å². The van der Waals surface area contributed by atoms with Crippen LogP contribution >= 0.6 is 11.3 Å². The van der Waals surface area contributed by atoms with Crippen molar-refractivity contribution >= 4 is 11.3 Å². The molecule has 0 spiro atoms. The molecule has 1 aromatic heterocycles. The van der Waals surface area contributed by atoms with Gasteiger partial charge in [-0.15, -0.1) is 11.3 Å². The highest BCUT2D eigenvalue weighted by atomic mass is 32.1. The monoisotopic (exact) mass is 236 g/mol. The molecule has 16 heavy (non-hydrogen) atoms. The molecule has 2 aliphatic rings. The second-order valence-corrected chi connectivity index (χ2v) is 6.31. The topological polar surface area (TPSA) is 38.9 Å². The normalized spacial score (nSPS) is 23.3. The number of rotatable bonds is 2. The minimum atomic E-state index is 0.234. The van der Waals surface area contributed by atoms with Crippen molar-refractivity contribution in [3.05, 3.63) is 15.6 Å². The summed E-state index contributed by atoms with van der Waals surface area (Å²) in [4.78, 5) is 6.34. The molecule has 1 atom stereocenters. The number of thiazole rings is 1. The van der Waals surface area contributed by atoms with Gasteiger partial charge < -0.3 is 5.73 Å². The maximum atomic E-state index is 6.24. The number of hydrogen-bond acceptors (Lipinski definition) is 3. The van der Waals surface area contributed by atoms with Crippen molar-refractivity contribution in [1.82, 2.24) is 4.98 Å². The van der Waals surface area contributed by atoms with E-state index < -0.39 is 0 Å². The number of aryl methyl sites for hydroxylation is 2. The Morgan fingerprint density at radius 2 is 1.88 bits per heavy atom. The summed E-state index contributed by atoms with van der Waals surface area (Å²) in [6, 6.07) is 0.234. The van der Waals surface area contributed by atoms with E-state index >= 15 is 0 Å². The standard InChI is InChI=1S/C13H20N2S/c14-12(9-7-8-9)13-15-10-5-3-1-2-4-6-11(10)16-13/h9,12H,1-8,14H2. The molecule has 0 amide bonds. The maximum absolute atomic E-state index is 6.24. The van der Waals surface area contributed by atoms with Crippen LogP contribution in [0.2, 0.25) is 0 Å². The van der Waals surface area contributed by atoms with Gasteiger partial charge >= 0.3 is 0 Å². The molecule has 0 aromatic carbocycles. The smallest absolute Gasteiger partial charge is 0.110 e. The lowest BCUT2D eigenvalue weighted by molar-refractivity contribution is 0.605. The van der Waals surface area contributed by atoms with Gasteiger partial charge in [-0.05, 0) is 44.4 Å². The second kappa shape index (κ2) is 4.46. The summed E-state index contributed by atoms with van der Waals surface area (Å²) in [5.41, 5.74) is 7.61. The van der Waals surface area contributed by atoms with Gasteiger partial charge in [-0.3, -0.25) is 0 Å². The molecule has 2 N–H and O–H groups in total. The number of fused-ring (bicyclic) bond motifs is 1. The molecule has 0 radical (unpaired) electrons. The van der Waals surface area contributed by atoms with Crippen molar-refractivity contribution < 1.29 is 0 Å². The Kier molecular flexibility index (Phi) is 2.99. The lowest BCUT2D eigenvalue weighted by atomic mass is 10.0. The van der Waals surface area contributed by atoms with Crippen molar-refractivity contribution in [2.24, 2.45) is 11.7 Å². The van der Waals surface area contributed by atoms with Gasteiger partial charge in [0.05, 0.1) is 11.7 Å². The van der Waals surface area contributed by atoms with Crippen molar-refractivity contribution in [2.45, 2.75) is 57.4 Å². The molecule has 2 nitrogen and oxygen atoms in total. The number of nitrogens with two attached hydrogens (primary N) is 1. The van der Waals surface area contributed by atoms with E-state index in [1.807, 2.05) is 11.3 Å². The zero-order valence-electron chi connectivity index (χ0n) is 9.74. The van der Waals surface area contributed by atoms with Gasteiger partial charge in [-0.2, -0.15) is 0 Å². The van der Waals surface area contributed by atoms with Gasteiger partial charge in [0.25, 0.3) is 0 Å². The van der Waals surface area contributed by atoms with Crippen LogP contribution in [-0.2, 0) is 12.8 Å². The van der Waals surface area contributed by atoms with Gasteiger partial charge in [0, 0.05) is 4.88 Å². The van der Waals surface area contributed by atoms with Crippen LogP contribution in [-0.4, -0.2) is 4.98 Å². The summed E-state index contributed by atoms with van der Waals surface area (Å²) in [5, 5.41) is 1.22. The Hall–Kier alpha value is -0.410. The third kappa shape index (κ3) is 2.16. The first-order valence-corrected chi connectivity index (χ1v) is 7.40. The zero-order valence-corrected chi connectivity index (χ0v) is 10.6. The van der Waals surface area contributed by atoms with E-state index in [1.165, 1.54) is 66.9 Å². The van der Waals surface area contributed by atoms with Crippen molar-refractivity contribution in [1.29, 1.82) is 0 Å². The van der Waals surface area contributed by atoms with Crippen LogP contribution in [0.5, 0.6) is 0 Å². The highest BCUT2D eigenvalue weighted by Gasteiger charge is 2.32. The fourth-order valence-electron chi connectivity index (χ4n) is 2.53. The molecule has 1 saturated carbocycles. The fraction of sp³-hybridized carbons (Fsp3) is 0.769. The minimum Gasteiger partial charge on any atom is -0.322 e. The van der Waals surface area contributed by atoms with Crippen LogP contribution in [0.15, 0.2) is 0 Å². The first kappa shape index (κ1) is 10.7. The summed E-state index contributed by atoms with van der Waals surface area (Å²) >= 11 is 1.90. The van der Waals surface area contributed by atoms with Gasteiger partial charge in [0.15, 0.2) is 0 Å². The third-order valence-corrected chi connectivity index (χ3v) is 5.04. The summed E-state index contributed by atoms with van der Waals surface area (Å²) in [6.07, 6.45) is 10.5. The molecule has 1 heterocycles.